The first-order chi connectivity index (χ1) is 13.6. The van der Waals surface area contributed by atoms with Gasteiger partial charge in [0.25, 0.3) is 17.7 Å². The van der Waals surface area contributed by atoms with Gasteiger partial charge in [-0.05, 0) is 37.6 Å². The molecule has 8 heteroatoms. The van der Waals surface area contributed by atoms with Crippen molar-refractivity contribution >= 4 is 11.8 Å². The number of aryl methyl sites for hydroxylation is 1. The van der Waals surface area contributed by atoms with Crippen molar-refractivity contribution in [3.8, 4) is 0 Å². The zero-order chi connectivity index (χ0) is 19.5. The summed E-state index contributed by atoms with van der Waals surface area (Å²) < 4.78 is 10.6. The second-order valence-corrected chi connectivity index (χ2v) is 6.64. The first kappa shape index (κ1) is 18.0. The van der Waals surface area contributed by atoms with E-state index in [1.54, 1.807) is 41.0 Å². The summed E-state index contributed by atoms with van der Waals surface area (Å²) in [4.78, 5) is 33.7. The molecular formula is C20H20N4O4. The van der Waals surface area contributed by atoms with Gasteiger partial charge in [-0.1, -0.05) is 23.4 Å². The van der Waals surface area contributed by atoms with Crippen LogP contribution in [0.25, 0.3) is 0 Å². The second kappa shape index (κ2) is 7.67. The van der Waals surface area contributed by atoms with E-state index < -0.39 is 6.04 Å². The van der Waals surface area contributed by atoms with E-state index in [2.05, 4.69) is 10.1 Å². The lowest BCUT2D eigenvalue weighted by molar-refractivity contribution is 0.0582. The number of rotatable bonds is 3. The number of aromatic nitrogens is 2. The van der Waals surface area contributed by atoms with Crippen molar-refractivity contribution in [3.05, 3.63) is 71.8 Å². The molecule has 28 heavy (non-hydrogen) atoms. The molecule has 2 amide bonds. The Balaban J connectivity index is 1.66. The molecule has 0 N–H and O–H groups in total. The van der Waals surface area contributed by atoms with Crippen LogP contribution in [0.3, 0.4) is 0 Å². The van der Waals surface area contributed by atoms with Gasteiger partial charge < -0.3 is 18.7 Å². The molecule has 0 aliphatic carbocycles. The summed E-state index contributed by atoms with van der Waals surface area (Å²) >= 11 is 0. The molecule has 1 aliphatic rings. The summed E-state index contributed by atoms with van der Waals surface area (Å²) in [5.41, 5.74) is 0.578. The van der Waals surface area contributed by atoms with Gasteiger partial charge >= 0.3 is 0 Å². The third-order valence-corrected chi connectivity index (χ3v) is 4.73. The molecule has 8 nitrogen and oxygen atoms in total. The summed E-state index contributed by atoms with van der Waals surface area (Å²) in [6.45, 7) is 2.95. The molecule has 3 heterocycles. The number of nitrogens with zero attached hydrogens (tertiary/aromatic N) is 4. The molecule has 1 aliphatic heterocycles. The van der Waals surface area contributed by atoms with Crippen LogP contribution in [0, 0.1) is 6.92 Å². The van der Waals surface area contributed by atoms with Crippen molar-refractivity contribution in [3.63, 3.8) is 0 Å². The van der Waals surface area contributed by atoms with Gasteiger partial charge in [-0.25, -0.2) is 0 Å². The van der Waals surface area contributed by atoms with Gasteiger partial charge in [-0.2, -0.15) is 4.98 Å². The van der Waals surface area contributed by atoms with Crippen molar-refractivity contribution in [1.82, 2.24) is 19.9 Å². The van der Waals surface area contributed by atoms with Gasteiger partial charge in [0.15, 0.2) is 11.6 Å². The Kier molecular flexibility index (Phi) is 4.92. The molecular weight excluding hydrogens is 360 g/mol. The summed E-state index contributed by atoms with van der Waals surface area (Å²) in [7, 11) is 0. The number of amides is 2. The lowest BCUT2D eigenvalue weighted by Crippen LogP contribution is -2.40. The lowest BCUT2D eigenvalue weighted by Gasteiger charge is -2.29. The van der Waals surface area contributed by atoms with Crippen molar-refractivity contribution in [2.45, 2.75) is 19.4 Å². The Morgan fingerprint density at radius 3 is 2.57 bits per heavy atom. The van der Waals surface area contributed by atoms with Crippen LogP contribution in [0.5, 0.6) is 0 Å². The fourth-order valence-electron chi connectivity index (χ4n) is 3.38. The maximum absolute atomic E-state index is 13.2. The number of furan rings is 1. The van der Waals surface area contributed by atoms with E-state index in [1.165, 1.54) is 6.26 Å². The zero-order valence-electron chi connectivity index (χ0n) is 15.4. The Morgan fingerprint density at radius 2 is 1.89 bits per heavy atom. The van der Waals surface area contributed by atoms with Crippen molar-refractivity contribution in [2.24, 2.45) is 0 Å². The van der Waals surface area contributed by atoms with E-state index in [4.69, 9.17) is 8.94 Å². The highest BCUT2D eigenvalue weighted by Gasteiger charge is 2.36. The fourth-order valence-corrected chi connectivity index (χ4v) is 3.38. The van der Waals surface area contributed by atoms with E-state index in [0.29, 0.717) is 36.8 Å². The maximum atomic E-state index is 13.2. The molecule has 1 aromatic carbocycles. The highest BCUT2D eigenvalue weighted by molar-refractivity contribution is 5.95. The van der Waals surface area contributed by atoms with Crippen LogP contribution in [0.15, 0.2) is 57.7 Å². The molecule has 1 saturated heterocycles. The molecule has 1 unspecified atom stereocenters. The van der Waals surface area contributed by atoms with Crippen LogP contribution in [0.4, 0.5) is 0 Å². The van der Waals surface area contributed by atoms with Crippen molar-refractivity contribution in [2.75, 3.05) is 19.6 Å². The Bertz CT molecular complexity index is 952. The summed E-state index contributed by atoms with van der Waals surface area (Å²) in [5, 5.41) is 3.86. The van der Waals surface area contributed by atoms with Crippen LogP contribution < -0.4 is 0 Å². The van der Waals surface area contributed by atoms with Crippen molar-refractivity contribution < 1.29 is 18.5 Å². The smallest absolute Gasteiger partial charge is 0.289 e. The molecule has 0 saturated carbocycles. The molecule has 144 valence electrons. The Labute approximate surface area is 161 Å². The number of carbonyl (C=O) groups is 2. The highest BCUT2D eigenvalue weighted by atomic mass is 16.5. The van der Waals surface area contributed by atoms with E-state index >= 15 is 0 Å². The quantitative estimate of drug-likeness (QED) is 0.694. The molecule has 0 radical (unpaired) electrons. The molecule has 3 aromatic rings. The van der Waals surface area contributed by atoms with Gasteiger partial charge in [-0.15, -0.1) is 0 Å². The number of carbonyl (C=O) groups excluding carboxylic acids is 2. The predicted molar refractivity (Wildman–Crippen MR) is 98.5 cm³/mol. The van der Waals surface area contributed by atoms with Gasteiger partial charge in [0.05, 0.1) is 12.8 Å². The molecule has 1 fully saturated rings. The minimum atomic E-state index is -0.532. The Morgan fingerprint density at radius 1 is 1.07 bits per heavy atom. The fraction of sp³-hybridized carbons (Fsp3) is 0.300. The van der Waals surface area contributed by atoms with E-state index in [1.807, 2.05) is 18.2 Å². The number of benzene rings is 1. The number of hydrogen-bond donors (Lipinski definition) is 0. The molecule has 4 rings (SSSR count). The first-order valence-corrected chi connectivity index (χ1v) is 9.12. The van der Waals surface area contributed by atoms with Gasteiger partial charge in [0.1, 0.15) is 6.04 Å². The lowest BCUT2D eigenvalue weighted by atomic mass is 10.1. The standard InChI is InChI=1S/C20H20N4O4/c1-14-21-18(28-22-14)16-13-23(20(26)17-9-5-12-27-17)10-6-11-24(16)19(25)15-7-3-2-4-8-15/h2-5,7-9,12,16H,6,10-11,13H2,1H3. The second-order valence-electron chi connectivity index (χ2n) is 6.64. The third-order valence-electron chi connectivity index (χ3n) is 4.73. The summed E-state index contributed by atoms with van der Waals surface area (Å²) in [6.07, 6.45) is 2.10. The van der Waals surface area contributed by atoms with Gasteiger partial charge in [0, 0.05) is 18.7 Å². The largest absolute Gasteiger partial charge is 0.459 e. The first-order valence-electron chi connectivity index (χ1n) is 9.12. The van der Waals surface area contributed by atoms with E-state index in [9.17, 15) is 9.59 Å². The van der Waals surface area contributed by atoms with Gasteiger partial charge in [0.2, 0.25) is 0 Å². The minimum absolute atomic E-state index is 0.131. The summed E-state index contributed by atoms with van der Waals surface area (Å²) in [5.74, 6) is 0.716. The van der Waals surface area contributed by atoms with Crippen LogP contribution in [0.2, 0.25) is 0 Å². The topological polar surface area (TPSA) is 92.7 Å². The van der Waals surface area contributed by atoms with Crippen LogP contribution in [-0.2, 0) is 0 Å². The summed E-state index contributed by atoms with van der Waals surface area (Å²) in [6, 6.07) is 11.8. The van der Waals surface area contributed by atoms with Crippen LogP contribution in [0.1, 0.15) is 45.1 Å². The molecule has 1 atom stereocenters. The van der Waals surface area contributed by atoms with Crippen molar-refractivity contribution in [1.29, 1.82) is 0 Å². The average molecular weight is 380 g/mol. The third kappa shape index (κ3) is 3.53. The average Bonchev–Trinajstić information content (AvgIpc) is 3.35. The maximum Gasteiger partial charge on any atom is 0.289 e. The molecule has 0 bridgehead atoms. The normalized spacial score (nSPS) is 17.4. The number of hydrogen-bond acceptors (Lipinski definition) is 6. The Hall–Kier alpha value is -3.42. The predicted octanol–water partition coefficient (Wildman–Crippen LogP) is 2.70. The van der Waals surface area contributed by atoms with Gasteiger partial charge in [-0.3, -0.25) is 9.59 Å². The van der Waals surface area contributed by atoms with Crippen LogP contribution in [-0.4, -0.2) is 51.4 Å². The highest BCUT2D eigenvalue weighted by Crippen LogP contribution is 2.27. The van der Waals surface area contributed by atoms with E-state index in [0.717, 1.165) is 0 Å². The zero-order valence-corrected chi connectivity index (χ0v) is 15.4. The SMILES string of the molecule is Cc1noc(C2CN(C(=O)c3ccco3)CCCN2C(=O)c2ccccc2)n1. The monoisotopic (exact) mass is 380 g/mol. The van der Waals surface area contributed by atoms with E-state index in [-0.39, 0.29) is 24.1 Å². The molecule has 2 aromatic heterocycles. The minimum Gasteiger partial charge on any atom is -0.459 e. The van der Waals surface area contributed by atoms with Crippen LogP contribution >= 0.6 is 0 Å². The molecule has 0 spiro atoms.